The highest BCUT2D eigenvalue weighted by atomic mass is 32.1. The number of alkyl halides is 2. The van der Waals surface area contributed by atoms with Gasteiger partial charge in [0, 0.05) is 18.3 Å². The molecule has 4 rings (SSSR count). The molecule has 164 valence electrons. The molecule has 4 nitrogen and oxygen atoms in total. The van der Waals surface area contributed by atoms with E-state index in [1.165, 1.54) is 29.5 Å². The van der Waals surface area contributed by atoms with Crippen LogP contribution in [-0.4, -0.2) is 24.1 Å². The molecule has 0 aliphatic carbocycles. The lowest BCUT2D eigenvalue weighted by Gasteiger charge is -2.05. The van der Waals surface area contributed by atoms with Gasteiger partial charge in [0.05, 0.1) is 17.0 Å². The Kier molecular flexibility index (Phi) is 8.04. The Balaban J connectivity index is 0.00000132. The summed E-state index contributed by atoms with van der Waals surface area (Å²) >= 11 is 1.41. The molecule has 0 fully saturated rings. The van der Waals surface area contributed by atoms with E-state index in [9.17, 15) is 18.0 Å². The molecule has 1 aliphatic rings. The van der Waals surface area contributed by atoms with Crippen LogP contribution in [0.1, 0.15) is 29.5 Å². The SMILES string of the molecule is CP.O=C1Cc2cc(-c3cnc(NCCCc4ccc(C(F)F)cc4)s3)cc(F)c2N1. The highest BCUT2D eigenvalue weighted by molar-refractivity contribution is 7.18. The normalized spacial score (nSPS) is 12.3. The first-order valence-electron chi connectivity index (χ1n) is 9.76. The van der Waals surface area contributed by atoms with E-state index in [4.69, 9.17) is 0 Å². The Morgan fingerprint density at radius 2 is 1.97 bits per heavy atom. The number of halogens is 3. The standard InChI is InChI=1S/C21H18F3N3OS.CH5P/c22-16-9-14(8-15-10-18(28)27-19(15)16)17-11-26-21(29-17)25-7-1-2-12-3-5-13(6-4-12)20(23)24;1-2/h3-6,8-9,11,20H,1-2,7,10H2,(H,25,26)(H,27,28);2H2,1H3. The minimum absolute atomic E-state index is 0.0327. The van der Waals surface area contributed by atoms with Gasteiger partial charge in [-0.3, -0.25) is 4.79 Å². The van der Waals surface area contributed by atoms with E-state index >= 15 is 0 Å². The third-order valence-electron chi connectivity index (χ3n) is 4.73. The minimum Gasteiger partial charge on any atom is -0.361 e. The highest BCUT2D eigenvalue weighted by Crippen LogP contribution is 2.35. The van der Waals surface area contributed by atoms with Crippen LogP contribution in [0, 0.1) is 5.82 Å². The molecule has 1 aliphatic heterocycles. The van der Waals surface area contributed by atoms with E-state index in [1.54, 1.807) is 18.3 Å². The lowest BCUT2D eigenvalue weighted by molar-refractivity contribution is -0.115. The van der Waals surface area contributed by atoms with Gasteiger partial charge in [-0.1, -0.05) is 42.3 Å². The Labute approximate surface area is 185 Å². The number of hydrogen-bond donors (Lipinski definition) is 2. The van der Waals surface area contributed by atoms with Crippen molar-refractivity contribution in [2.24, 2.45) is 0 Å². The molecule has 9 heteroatoms. The second-order valence-electron chi connectivity index (χ2n) is 6.82. The average Bonchev–Trinajstić information content (AvgIpc) is 3.39. The van der Waals surface area contributed by atoms with Crippen molar-refractivity contribution in [1.29, 1.82) is 0 Å². The third-order valence-corrected chi connectivity index (χ3v) is 5.73. The van der Waals surface area contributed by atoms with E-state index < -0.39 is 12.2 Å². The van der Waals surface area contributed by atoms with Crippen LogP contribution in [0.25, 0.3) is 10.4 Å². The number of benzene rings is 2. The fourth-order valence-corrected chi connectivity index (χ4v) is 4.08. The number of carbonyl (C=O) groups is 1. The number of nitrogens with zero attached hydrogens (tertiary/aromatic N) is 1. The van der Waals surface area contributed by atoms with E-state index in [0.717, 1.165) is 28.4 Å². The van der Waals surface area contributed by atoms with Gasteiger partial charge in [-0.05, 0) is 41.7 Å². The summed E-state index contributed by atoms with van der Waals surface area (Å²) in [6, 6.07) is 9.59. The first kappa shape index (κ1) is 23.2. The molecule has 0 saturated heterocycles. The number of amides is 1. The lowest BCUT2D eigenvalue weighted by Crippen LogP contribution is -2.04. The summed E-state index contributed by atoms with van der Waals surface area (Å²) in [6.45, 7) is 2.60. The van der Waals surface area contributed by atoms with Crippen LogP contribution >= 0.6 is 20.6 Å². The Morgan fingerprint density at radius 1 is 1.23 bits per heavy atom. The van der Waals surface area contributed by atoms with Crippen molar-refractivity contribution in [3.05, 3.63) is 65.1 Å². The quantitative estimate of drug-likeness (QED) is 0.337. The summed E-state index contributed by atoms with van der Waals surface area (Å²) in [7, 11) is 2.42. The fraction of sp³-hybridized carbons (Fsp3) is 0.273. The van der Waals surface area contributed by atoms with Gasteiger partial charge in [-0.25, -0.2) is 18.2 Å². The summed E-state index contributed by atoms with van der Waals surface area (Å²) in [5, 5.41) is 6.49. The molecular weight excluding hydrogens is 442 g/mol. The van der Waals surface area contributed by atoms with Gasteiger partial charge in [0.25, 0.3) is 6.43 Å². The number of aryl methyl sites for hydroxylation is 1. The Hall–Kier alpha value is -2.44. The second-order valence-corrected chi connectivity index (χ2v) is 7.85. The summed E-state index contributed by atoms with van der Waals surface area (Å²) in [5.41, 5.74) is 2.66. The van der Waals surface area contributed by atoms with Crippen molar-refractivity contribution < 1.29 is 18.0 Å². The minimum atomic E-state index is -2.44. The zero-order valence-corrected chi connectivity index (χ0v) is 18.9. The van der Waals surface area contributed by atoms with E-state index in [2.05, 4.69) is 24.9 Å². The molecule has 0 saturated carbocycles. The topological polar surface area (TPSA) is 54.0 Å². The molecule has 1 aromatic heterocycles. The number of nitrogens with one attached hydrogen (secondary N) is 2. The molecule has 0 radical (unpaired) electrons. The molecule has 2 aromatic carbocycles. The van der Waals surface area contributed by atoms with Gasteiger partial charge < -0.3 is 10.6 Å². The zero-order chi connectivity index (χ0) is 22.4. The maximum Gasteiger partial charge on any atom is 0.263 e. The number of rotatable bonds is 7. The van der Waals surface area contributed by atoms with Crippen LogP contribution in [0.15, 0.2) is 42.6 Å². The lowest BCUT2D eigenvalue weighted by atomic mass is 10.1. The van der Waals surface area contributed by atoms with Crippen LogP contribution in [0.5, 0.6) is 0 Å². The molecule has 3 aromatic rings. The summed E-state index contributed by atoms with van der Waals surface area (Å²) in [6.07, 6.45) is 1.01. The predicted octanol–water partition coefficient (Wildman–Crippen LogP) is 5.92. The summed E-state index contributed by atoms with van der Waals surface area (Å²) in [4.78, 5) is 16.6. The van der Waals surface area contributed by atoms with Crippen molar-refractivity contribution in [2.75, 3.05) is 23.8 Å². The molecule has 1 atom stereocenters. The van der Waals surface area contributed by atoms with Crippen LogP contribution in [0.2, 0.25) is 0 Å². The van der Waals surface area contributed by atoms with Crippen molar-refractivity contribution in [3.8, 4) is 10.4 Å². The number of hydrogen-bond acceptors (Lipinski definition) is 4. The molecule has 2 N–H and O–H groups in total. The van der Waals surface area contributed by atoms with Crippen LogP contribution in [0.4, 0.5) is 24.0 Å². The van der Waals surface area contributed by atoms with Crippen LogP contribution in [0.3, 0.4) is 0 Å². The van der Waals surface area contributed by atoms with Crippen molar-refractivity contribution in [3.63, 3.8) is 0 Å². The predicted molar refractivity (Wildman–Crippen MR) is 124 cm³/mol. The zero-order valence-electron chi connectivity index (χ0n) is 16.9. The maximum absolute atomic E-state index is 14.2. The molecule has 31 heavy (non-hydrogen) atoms. The first-order chi connectivity index (χ1) is 15.0. The molecule has 0 bridgehead atoms. The van der Waals surface area contributed by atoms with Gasteiger partial charge in [0.1, 0.15) is 5.82 Å². The van der Waals surface area contributed by atoms with Gasteiger partial charge in [0.2, 0.25) is 5.91 Å². The van der Waals surface area contributed by atoms with Gasteiger partial charge in [0.15, 0.2) is 5.13 Å². The molecule has 2 heterocycles. The number of aromatic nitrogens is 1. The van der Waals surface area contributed by atoms with Crippen LogP contribution in [-0.2, 0) is 17.6 Å². The third kappa shape index (κ3) is 5.83. The van der Waals surface area contributed by atoms with Crippen molar-refractivity contribution in [2.45, 2.75) is 25.7 Å². The monoisotopic (exact) mass is 465 g/mol. The largest absolute Gasteiger partial charge is 0.361 e. The number of fused-ring (bicyclic) bond motifs is 1. The van der Waals surface area contributed by atoms with E-state index in [1.807, 2.05) is 12.7 Å². The Morgan fingerprint density at radius 3 is 2.68 bits per heavy atom. The molecule has 1 amide bonds. The van der Waals surface area contributed by atoms with Gasteiger partial charge in [-0.15, -0.1) is 9.24 Å². The number of carbonyl (C=O) groups excluding carboxylic acids is 1. The summed E-state index contributed by atoms with van der Waals surface area (Å²) < 4.78 is 39.3. The second kappa shape index (κ2) is 10.7. The van der Waals surface area contributed by atoms with Crippen molar-refractivity contribution in [1.82, 2.24) is 4.98 Å². The van der Waals surface area contributed by atoms with E-state index in [0.29, 0.717) is 17.7 Å². The van der Waals surface area contributed by atoms with Crippen molar-refractivity contribution >= 4 is 37.3 Å². The Bertz CT molecular complexity index is 1040. The number of thiazole rings is 1. The van der Waals surface area contributed by atoms with Crippen LogP contribution < -0.4 is 10.6 Å². The molecule has 1 unspecified atom stereocenters. The smallest absolute Gasteiger partial charge is 0.263 e. The highest BCUT2D eigenvalue weighted by Gasteiger charge is 2.22. The maximum atomic E-state index is 14.2. The summed E-state index contributed by atoms with van der Waals surface area (Å²) in [5.74, 6) is -0.643. The molecular formula is C22H23F3N3OPS. The van der Waals surface area contributed by atoms with Gasteiger partial charge >= 0.3 is 0 Å². The first-order valence-corrected chi connectivity index (χ1v) is 11.7. The van der Waals surface area contributed by atoms with Gasteiger partial charge in [-0.2, -0.15) is 0 Å². The molecule has 0 spiro atoms. The van der Waals surface area contributed by atoms with E-state index in [-0.39, 0.29) is 23.6 Å². The fourth-order valence-electron chi connectivity index (χ4n) is 3.25. The number of anilines is 2. The average molecular weight is 465 g/mol.